The van der Waals surface area contributed by atoms with Crippen molar-refractivity contribution in [2.45, 2.75) is 59.2 Å². The monoisotopic (exact) mass is 296 g/mol. The number of ether oxygens (including phenoxy) is 3. The van der Waals surface area contributed by atoms with Crippen LogP contribution in [0.25, 0.3) is 0 Å². The van der Waals surface area contributed by atoms with Crippen molar-refractivity contribution >= 4 is 5.97 Å². The third kappa shape index (κ3) is 8.02. The zero-order valence-electron chi connectivity index (χ0n) is 13.5. The van der Waals surface area contributed by atoms with E-state index in [-0.39, 0.29) is 12.3 Å². The molecule has 0 spiro atoms. The molecule has 1 rings (SSSR count). The summed E-state index contributed by atoms with van der Waals surface area (Å²) in [6.45, 7) is 7.51. The molecule has 0 N–H and O–H groups in total. The highest BCUT2D eigenvalue weighted by Gasteiger charge is 2.12. The van der Waals surface area contributed by atoms with E-state index < -0.39 is 0 Å². The van der Waals surface area contributed by atoms with Crippen molar-refractivity contribution in [1.82, 2.24) is 0 Å². The number of esters is 1. The van der Waals surface area contributed by atoms with Crippen molar-refractivity contribution in [3.63, 3.8) is 0 Å². The molecule has 1 aliphatic rings. The zero-order chi connectivity index (χ0) is 15.5. The largest absolute Gasteiger partial charge is 0.463 e. The van der Waals surface area contributed by atoms with Gasteiger partial charge in [0.15, 0.2) is 6.29 Å². The van der Waals surface area contributed by atoms with Crippen molar-refractivity contribution < 1.29 is 19.0 Å². The van der Waals surface area contributed by atoms with Crippen LogP contribution in [0.2, 0.25) is 0 Å². The average Bonchev–Trinajstić information content (AvgIpc) is 2.48. The molecular weight excluding hydrogens is 268 g/mol. The maximum atomic E-state index is 11.4. The molecule has 1 unspecified atom stereocenters. The summed E-state index contributed by atoms with van der Waals surface area (Å²) >= 11 is 0. The number of rotatable bonds is 8. The predicted octanol–water partition coefficient (Wildman–Crippen LogP) is 3.77. The quantitative estimate of drug-likeness (QED) is 0.388. The molecule has 1 fully saturated rings. The zero-order valence-corrected chi connectivity index (χ0v) is 13.5. The van der Waals surface area contributed by atoms with Crippen molar-refractivity contribution in [2.24, 2.45) is 0 Å². The predicted molar refractivity (Wildman–Crippen MR) is 82.9 cm³/mol. The summed E-state index contributed by atoms with van der Waals surface area (Å²) in [4.78, 5) is 11.4. The molecule has 0 amide bonds. The minimum atomic E-state index is -0.225. The molecule has 4 heteroatoms. The summed E-state index contributed by atoms with van der Waals surface area (Å²) < 4.78 is 16.1. The second kappa shape index (κ2) is 10.6. The van der Waals surface area contributed by atoms with Crippen LogP contribution in [0.4, 0.5) is 0 Å². The van der Waals surface area contributed by atoms with Crippen molar-refractivity contribution in [3.8, 4) is 0 Å². The van der Waals surface area contributed by atoms with Gasteiger partial charge in [-0.1, -0.05) is 17.7 Å². The average molecular weight is 296 g/mol. The molecule has 0 aromatic carbocycles. The highest BCUT2D eigenvalue weighted by Crippen LogP contribution is 2.14. The van der Waals surface area contributed by atoms with E-state index in [4.69, 9.17) is 14.2 Å². The van der Waals surface area contributed by atoms with Gasteiger partial charge in [-0.2, -0.15) is 0 Å². The van der Waals surface area contributed by atoms with Crippen LogP contribution in [0.5, 0.6) is 0 Å². The molecule has 1 saturated heterocycles. The van der Waals surface area contributed by atoms with Crippen LogP contribution >= 0.6 is 0 Å². The Morgan fingerprint density at radius 3 is 2.76 bits per heavy atom. The van der Waals surface area contributed by atoms with Gasteiger partial charge in [-0.25, -0.2) is 4.79 Å². The molecule has 0 radical (unpaired) electrons. The molecule has 0 saturated carbocycles. The minimum absolute atomic E-state index is 0.0336. The fraction of sp³-hybridized carbons (Fsp3) is 0.706. The highest BCUT2D eigenvalue weighted by molar-refractivity contribution is 5.87. The summed E-state index contributed by atoms with van der Waals surface area (Å²) in [5, 5.41) is 0. The Kier molecular flexibility index (Phi) is 9.02. The molecule has 1 atom stereocenters. The van der Waals surface area contributed by atoms with Crippen LogP contribution in [0.1, 0.15) is 52.9 Å². The Morgan fingerprint density at radius 1 is 1.29 bits per heavy atom. The van der Waals surface area contributed by atoms with E-state index in [9.17, 15) is 4.79 Å². The van der Waals surface area contributed by atoms with Gasteiger partial charge in [-0.3, -0.25) is 0 Å². The summed E-state index contributed by atoms with van der Waals surface area (Å²) in [6, 6.07) is 0. The van der Waals surface area contributed by atoms with Gasteiger partial charge in [0, 0.05) is 12.2 Å². The van der Waals surface area contributed by atoms with Gasteiger partial charge >= 0.3 is 5.97 Å². The standard InChI is InChI=1S/C17H28O4/c1-4-19-17(18)15(3)9-7-8-14(2)11-13-21-16-10-5-6-12-20-16/h9,11,16H,4-8,10,12-13H2,1-3H3. The molecule has 1 aliphatic heterocycles. The normalized spacial score (nSPS) is 20.4. The maximum absolute atomic E-state index is 11.4. The van der Waals surface area contributed by atoms with Crippen molar-refractivity contribution in [1.29, 1.82) is 0 Å². The van der Waals surface area contributed by atoms with Gasteiger partial charge in [0.05, 0.1) is 13.2 Å². The van der Waals surface area contributed by atoms with E-state index in [1.165, 1.54) is 12.0 Å². The molecular formula is C17H28O4. The second-order valence-electron chi connectivity index (χ2n) is 5.33. The van der Waals surface area contributed by atoms with Crippen molar-refractivity contribution in [3.05, 3.63) is 23.3 Å². The molecule has 0 aromatic rings. The lowest BCUT2D eigenvalue weighted by atomic mass is 10.1. The summed E-state index contributed by atoms with van der Waals surface area (Å²) in [5.74, 6) is -0.225. The summed E-state index contributed by atoms with van der Waals surface area (Å²) in [6.07, 6.45) is 9.07. The van der Waals surface area contributed by atoms with Gasteiger partial charge in [0.2, 0.25) is 0 Å². The highest BCUT2D eigenvalue weighted by atomic mass is 16.7. The number of carbonyl (C=O) groups is 1. The third-order valence-electron chi connectivity index (χ3n) is 3.44. The first kappa shape index (κ1) is 17.9. The minimum Gasteiger partial charge on any atom is -0.463 e. The first-order valence-corrected chi connectivity index (χ1v) is 7.86. The Hall–Kier alpha value is -1.13. The smallest absolute Gasteiger partial charge is 0.333 e. The van der Waals surface area contributed by atoms with Crippen LogP contribution < -0.4 is 0 Å². The van der Waals surface area contributed by atoms with Crippen LogP contribution in [0, 0.1) is 0 Å². The van der Waals surface area contributed by atoms with Crippen LogP contribution in [0.15, 0.2) is 23.3 Å². The van der Waals surface area contributed by atoms with E-state index in [0.29, 0.717) is 18.8 Å². The lowest BCUT2D eigenvalue weighted by Gasteiger charge is -2.22. The molecule has 0 aliphatic carbocycles. The molecule has 0 aromatic heterocycles. The molecule has 1 heterocycles. The third-order valence-corrected chi connectivity index (χ3v) is 3.44. The number of carbonyl (C=O) groups excluding carboxylic acids is 1. The lowest BCUT2D eigenvalue weighted by molar-refractivity contribution is -0.155. The van der Waals surface area contributed by atoms with Crippen molar-refractivity contribution in [2.75, 3.05) is 19.8 Å². The molecule has 4 nitrogen and oxygen atoms in total. The first-order chi connectivity index (χ1) is 10.1. The SMILES string of the molecule is CCOC(=O)C(C)=CCCC(C)=CCOC1CCCCO1. The van der Waals surface area contributed by atoms with E-state index in [1.54, 1.807) is 6.92 Å². The molecule has 0 bridgehead atoms. The fourth-order valence-corrected chi connectivity index (χ4v) is 2.09. The molecule has 120 valence electrons. The van der Waals surface area contributed by atoms with E-state index in [1.807, 2.05) is 13.0 Å². The Morgan fingerprint density at radius 2 is 2.10 bits per heavy atom. The molecule has 21 heavy (non-hydrogen) atoms. The van der Waals surface area contributed by atoms with Gasteiger partial charge < -0.3 is 14.2 Å². The fourth-order valence-electron chi connectivity index (χ4n) is 2.09. The Labute approximate surface area is 128 Å². The van der Waals surface area contributed by atoms with Gasteiger partial charge in [-0.15, -0.1) is 0 Å². The number of hydrogen-bond donors (Lipinski definition) is 0. The van der Waals surface area contributed by atoms with E-state index in [2.05, 4.69) is 13.0 Å². The topological polar surface area (TPSA) is 44.8 Å². The summed E-state index contributed by atoms with van der Waals surface area (Å²) in [5.41, 5.74) is 1.94. The van der Waals surface area contributed by atoms with Crippen LogP contribution in [-0.4, -0.2) is 32.1 Å². The van der Waals surface area contributed by atoms with Crippen LogP contribution in [0.3, 0.4) is 0 Å². The van der Waals surface area contributed by atoms with E-state index >= 15 is 0 Å². The Bertz CT molecular complexity index is 365. The number of allylic oxidation sites excluding steroid dienone is 2. The van der Waals surface area contributed by atoms with Gasteiger partial charge in [0.1, 0.15) is 0 Å². The second-order valence-corrected chi connectivity index (χ2v) is 5.33. The summed E-state index contributed by atoms with van der Waals surface area (Å²) in [7, 11) is 0. The maximum Gasteiger partial charge on any atom is 0.333 e. The lowest BCUT2D eigenvalue weighted by Crippen LogP contribution is -2.22. The number of hydrogen-bond acceptors (Lipinski definition) is 4. The van der Waals surface area contributed by atoms with Crippen LogP contribution in [-0.2, 0) is 19.0 Å². The van der Waals surface area contributed by atoms with Gasteiger partial charge in [0.25, 0.3) is 0 Å². The van der Waals surface area contributed by atoms with Gasteiger partial charge in [-0.05, 0) is 52.9 Å². The van der Waals surface area contributed by atoms with E-state index in [0.717, 1.165) is 32.3 Å². The first-order valence-electron chi connectivity index (χ1n) is 7.86. The Balaban J connectivity index is 2.19.